The molecule has 0 saturated carbocycles. The summed E-state index contributed by atoms with van der Waals surface area (Å²) in [6.45, 7) is 0.634. The first-order valence-electron chi connectivity index (χ1n) is 5.32. The average Bonchev–Trinajstić information content (AvgIpc) is 2.84. The van der Waals surface area contributed by atoms with Gasteiger partial charge in [0.15, 0.2) is 0 Å². The van der Waals surface area contributed by atoms with Crippen LogP contribution < -0.4 is 5.32 Å². The van der Waals surface area contributed by atoms with Crippen molar-refractivity contribution in [3.63, 3.8) is 0 Å². The van der Waals surface area contributed by atoms with Gasteiger partial charge in [-0.05, 0) is 18.2 Å². The minimum Gasteiger partial charge on any atom is -0.478 e. The monoisotopic (exact) mass is 282 g/mol. The molecule has 2 aromatic rings. The molecule has 1 aromatic carbocycles. The maximum atomic E-state index is 11.1. The number of nitrogens with zero attached hydrogens (tertiary/aromatic N) is 1. The summed E-state index contributed by atoms with van der Waals surface area (Å²) < 4.78 is 0. The van der Waals surface area contributed by atoms with Gasteiger partial charge in [-0.1, -0.05) is 11.6 Å². The number of rotatable bonds is 5. The number of halogens is 1. The van der Waals surface area contributed by atoms with Crippen molar-refractivity contribution >= 4 is 34.6 Å². The molecular formula is C12H11ClN2O2S. The van der Waals surface area contributed by atoms with Crippen LogP contribution >= 0.6 is 22.9 Å². The van der Waals surface area contributed by atoms with E-state index < -0.39 is 5.97 Å². The van der Waals surface area contributed by atoms with Gasteiger partial charge < -0.3 is 10.4 Å². The van der Waals surface area contributed by atoms with Gasteiger partial charge in [0.05, 0.1) is 10.6 Å². The molecule has 0 aliphatic rings. The van der Waals surface area contributed by atoms with E-state index in [-0.39, 0.29) is 5.56 Å². The van der Waals surface area contributed by atoms with E-state index in [1.807, 2.05) is 5.38 Å². The summed E-state index contributed by atoms with van der Waals surface area (Å²) in [7, 11) is 0. The van der Waals surface area contributed by atoms with Crippen molar-refractivity contribution < 1.29 is 9.90 Å². The van der Waals surface area contributed by atoms with E-state index in [9.17, 15) is 4.79 Å². The lowest BCUT2D eigenvalue weighted by Crippen LogP contribution is -2.09. The molecule has 1 heterocycles. The first kappa shape index (κ1) is 12.9. The van der Waals surface area contributed by atoms with Crippen LogP contribution in [0.1, 0.15) is 15.4 Å². The Morgan fingerprint density at radius 2 is 2.33 bits per heavy atom. The fourth-order valence-corrected chi connectivity index (χ4v) is 2.32. The van der Waals surface area contributed by atoms with Gasteiger partial charge in [-0.15, -0.1) is 11.3 Å². The van der Waals surface area contributed by atoms with Crippen LogP contribution in [-0.2, 0) is 6.42 Å². The minimum absolute atomic E-state index is 0.182. The molecule has 1 aromatic heterocycles. The fraction of sp³-hybridized carbons (Fsp3) is 0.167. The summed E-state index contributed by atoms with van der Waals surface area (Å²) in [5.74, 6) is -0.991. The molecular weight excluding hydrogens is 272 g/mol. The number of aromatic nitrogens is 1. The second-order valence-electron chi connectivity index (χ2n) is 3.60. The van der Waals surface area contributed by atoms with Gasteiger partial charge in [0, 0.05) is 35.3 Å². The number of carbonyl (C=O) groups is 1. The molecule has 94 valence electrons. The predicted octanol–water partition coefficient (Wildman–Crippen LogP) is 3.15. The maximum absolute atomic E-state index is 11.1. The van der Waals surface area contributed by atoms with Crippen LogP contribution in [0.2, 0.25) is 5.02 Å². The van der Waals surface area contributed by atoms with Crippen molar-refractivity contribution in [2.24, 2.45) is 0 Å². The van der Waals surface area contributed by atoms with Gasteiger partial charge in [-0.2, -0.15) is 0 Å². The van der Waals surface area contributed by atoms with Gasteiger partial charge in [0.2, 0.25) is 0 Å². The zero-order valence-corrected chi connectivity index (χ0v) is 11.0. The van der Waals surface area contributed by atoms with E-state index >= 15 is 0 Å². The smallest absolute Gasteiger partial charge is 0.337 e. The quantitative estimate of drug-likeness (QED) is 0.884. The highest BCUT2D eigenvalue weighted by Gasteiger charge is 2.10. The van der Waals surface area contributed by atoms with Crippen LogP contribution in [-0.4, -0.2) is 22.6 Å². The molecule has 0 saturated heterocycles. The summed E-state index contributed by atoms with van der Waals surface area (Å²) >= 11 is 7.36. The summed E-state index contributed by atoms with van der Waals surface area (Å²) in [5, 5.41) is 15.5. The number of hydrogen-bond donors (Lipinski definition) is 2. The molecule has 0 aliphatic carbocycles. The molecule has 0 atom stereocenters. The number of anilines is 1. The third kappa shape index (κ3) is 3.21. The van der Waals surface area contributed by atoms with Gasteiger partial charge in [-0.3, -0.25) is 0 Å². The zero-order valence-electron chi connectivity index (χ0n) is 9.39. The van der Waals surface area contributed by atoms with Crippen molar-refractivity contribution in [2.75, 3.05) is 11.9 Å². The SMILES string of the molecule is O=C(O)c1cc(Cl)ccc1NCCc1nccs1. The predicted molar refractivity (Wildman–Crippen MR) is 72.7 cm³/mol. The zero-order chi connectivity index (χ0) is 13.0. The molecule has 0 aliphatic heterocycles. The Morgan fingerprint density at radius 3 is 3.00 bits per heavy atom. The highest BCUT2D eigenvalue weighted by Crippen LogP contribution is 2.20. The lowest BCUT2D eigenvalue weighted by atomic mass is 10.2. The molecule has 0 fully saturated rings. The van der Waals surface area contributed by atoms with Crippen molar-refractivity contribution in [3.05, 3.63) is 45.4 Å². The number of aromatic carboxylic acids is 1. The number of nitrogens with one attached hydrogen (secondary N) is 1. The van der Waals surface area contributed by atoms with Gasteiger partial charge >= 0.3 is 5.97 Å². The number of thiazole rings is 1. The lowest BCUT2D eigenvalue weighted by Gasteiger charge is -2.09. The lowest BCUT2D eigenvalue weighted by molar-refractivity contribution is 0.0698. The average molecular weight is 283 g/mol. The topological polar surface area (TPSA) is 62.2 Å². The Morgan fingerprint density at radius 1 is 1.50 bits per heavy atom. The van der Waals surface area contributed by atoms with Crippen molar-refractivity contribution in [2.45, 2.75) is 6.42 Å². The highest BCUT2D eigenvalue weighted by molar-refractivity contribution is 7.09. The molecule has 18 heavy (non-hydrogen) atoms. The Kier molecular flexibility index (Phi) is 4.17. The first-order valence-corrected chi connectivity index (χ1v) is 6.57. The highest BCUT2D eigenvalue weighted by atomic mass is 35.5. The van der Waals surface area contributed by atoms with E-state index in [2.05, 4.69) is 10.3 Å². The van der Waals surface area contributed by atoms with Crippen LogP contribution in [0.25, 0.3) is 0 Å². The summed E-state index contributed by atoms with van der Waals surface area (Å²) in [6.07, 6.45) is 2.52. The van der Waals surface area contributed by atoms with Crippen LogP contribution in [0.4, 0.5) is 5.69 Å². The Labute approximate surface area is 113 Å². The van der Waals surface area contributed by atoms with Gasteiger partial charge in [0.1, 0.15) is 0 Å². The molecule has 4 nitrogen and oxygen atoms in total. The van der Waals surface area contributed by atoms with E-state index in [1.165, 1.54) is 6.07 Å². The van der Waals surface area contributed by atoms with E-state index in [4.69, 9.17) is 16.7 Å². The molecule has 0 unspecified atom stereocenters. The minimum atomic E-state index is -0.991. The van der Waals surface area contributed by atoms with Gasteiger partial charge in [-0.25, -0.2) is 9.78 Å². The van der Waals surface area contributed by atoms with Crippen molar-refractivity contribution in [1.82, 2.24) is 4.98 Å². The van der Waals surface area contributed by atoms with Crippen molar-refractivity contribution in [3.8, 4) is 0 Å². The summed E-state index contributed by atoms with van der Waals surface area (Å²) in [5.41, 5.74) is 0.755. The van der Waals surface area contributed by atoms with Crippen LogP contribution in [0.5, 0.6) is 0 Å². The molecule has 6 heteroatoms. The molecule has 0 amide bonds. The van der Waals surface area contributed by atoms with Gasteiger partial charge in [0.25, 0.3) is 0 Å². The maximum Gasteiger partial charge on any atom is 0.337 e. The van der Waals surface area contributed by atoms with E-state index in [0.29, 0.717) is 17.3 Å². The number of carboxylic acid groups (broad SMARTS) is 1. The Hall–Kier alpha value is -1.59. The molecule has 2 rings (SSSR count). The normalized spacial score (nSPS) is 10.3. The summed E-state index contributed by atoms with van der Waals surface area (Å²) in [6, 6.07) is 4.78. The second-order valence-corrected chi connectivity index (χ2v) is 5.01. The molecule has 2 N–H and O–H groups in total. The third-order valence-corrected chi connectivity index (χ3v) is 3.42. The summed E-state index contributed by atoms with van der Waals surface area (Å²) in [4.78, 5) is 15.2. The van der Waals surface area contributed by atoms with E-state index in [1.54, 1.807) is 29.7 Å². The standard InChI is InChI=1S/C12H11ClN2O2S/c13-8-1-2-10(9(7-8)12(16)17)14-4-3-11-15-5-6-18-11/h1-2,5-7,14H,3-4H2,(H,16,17). The fourth-order valence-electron chi connectivity index (χ4n) is 1.53. The number of hydrogen-bond acceptors (Lipinski definition) is 4. The molecule has 0 bridgehead atoms. The number of carboxylic acids is 1. The Balaban J connectivity index is 2.02. The molecule has 0 spiro atoms. The molecule has 0 radical (unpaired) electrons. The van der Waals surface area contributed by atoms with Crippen LogP contribution in [0.3, 0.4) is 0 Å². The Bertz CT molecular complexity index is 543. The number of benzene rings is 1. The second kappa shape index (κ2) is 5.84. The van der Waals surface area contributed by atoms with Crippen LogP contribution in [0.15, 0.2) is 29.8 Å². The van der Waals surface area contributed by atoms with Crippen molar-refractivity contribution in [1.29, 1.82) is 0 Å². The largest absolute Gasteiger partial charge is 0.478 e. The first-order chi connectivity index (χ1) is 8.66. The van der Waals surface area contributed by atoms with Crippen LogP contribution in [0, 0.1) is 0 Å². The third-order valence-electron chi connectivity index (χ3n) is 2.35. The van der Waals surface area contributed by atoms with E-state index in [0.717, 1.165) is 11.4 Å².